The van der Waals surface area contributed by atoms with E-state index >= 15 is 0 Å². The van der Waals surface area contributed by atoms with Gasteiger partial charge in [-0.1, -0.05) is 13.8 Å². The molecule has 0 radical (unpaired) electrons. The van der Waals surface area contributed by atoms with Gasteiger partial charge in [0, 0.05) is 25.2 Å². The van der Waals surface area contributed by atoms with Crippen LogP contribution in [-0.2, 0) is 10.0 Å². The zero-order chi connectivity index (χ0) is 18.4. The van der Waals surface area contributed by atoms with E-state index in [-0.39, 0.29) is 6.04 Å². The number of rotatable bonds is 8. The molecule has 0 saturated carbocycles. The molecule has 1 aromatic rings. The number of piperidine rings is 1. The minimum atomic E-state index is -3.11. The number of nitrogens with zero attached hydrogens (tertiary/aromatic N) is 3. The Balaban J connectivity index is 2.03. The minimum absolute atomic E-state index is 0.160. The van der Waals surface area contributed by atoms with Gasteiger partial charge in [-0.2, -0.15) is 4.98 Å². The van der Waals surface area contributed by atoms with E-state index in [0.29, 0.717) is 36.6 Å². The summed E-state index contributed by atoms with van der Waals surface area (Å²) in [5.41, 5.74) is 0. The summed E-state index contributed by atoms with van der Waals surface area (Å²) in [7, 11) is -1.51. The zero-order valence-electron chi connectivity index (χ0n) is 15.4. The van der Waals surface area contributed by atoms with Gasteiger partial charge in [0.05, 0.1) is 19.6 Å². The molecule has 2 N–H and O–H groups in total. The lowest BCUT2D eigenvalue weighted by atomic mass is 10.1. The second-order valence-electron chi connectivity index (χ2n) is 6.35. The zero-order valence-corrected chi connectivity index (χ0v) is 16.3. The summed E-state index contributed by atoms with van der Waals surface area (Å²) in [4.78, 5) is 8.86. The van der Waals surface area contributed by atoms with Gasteiger partial charge in [-0.05, 0) is 25.7 Å². The Labute approximate surface area is 150 Å². The minimum Gasteiger partial charge on any atom is -0.491 e. The van der Waals surface area contributed by atoms with Crippen molar-refractivity contribution in [3.8, 4) is 5.75 Å². The van der Waals surface area contributed by atoms with Crippen LogP contribution in [0.1, 0.15) is 39.5 Å². The van der Waals surface area contributed by atoms with Crippen molar-refractivity contribution in [2.45, 2.75) is 51.6 Å². The molecule has 0 bridgehead atoms. The predicted octanol–water partition coefficient (Wildman–Crippen LogP) is 1.92. The SMILES string of the molecule is CCC(CC)Nc1nc(NC2CCN(S(C)(=O)=O)CC2)ncc1OC. The molecule has 2 heterocycles. The normalized spacial score (nSPS) is 16.8. The lowest BCUT2D eigenvalue weighted by Crippen LogP contribution is -2.42. The smallest absolute Gasteiger partial charge is 0.225 e. The number of methoxy groups -OCH3 is 1. The Bertz CT molecular complexity index is 656. The van der Waals surface area contributed by atoms with E-state index in [4.69, 9.17) is 4.74 Å². The summed E-state index contributed by atoms with van der Waals surface area (Å²) in [5, 5.41) is 6.71. The van der Waals surface area contributed by atoms with E-state index in [0.717, 1.165) is 25.7 Å². The predicted molar refractivity (Wildman–Crippen MR) is 99.6 cm³/mol. The third kappa shape index (κ3) is 5.43. The van der Waals surface area contributed by atoms with Crippen LogP contribution in [0.5, 0.6) is 5.75 Å². The molecule has 0 spiro atoms. The number of anilines is 2. The maximum atomic E-state index is 11.6. The van der Waals surface area contributed by atoms with Crippen molar-refractivity contribution in [3.05, 3.63) is 6.20 Å². The van der Waals surface area contributed by atoms with E-state index in [9.17, 15) is 8.42 Å². The third-order valence-electron chi connectivity index (χ3n) is 4.56. The van der Waals surface area contributed by atoms with Gasteiger partial charge in [0.2, 0.25) is 16.0 Å². The van der Waals surface area contributed by atoms with Crippen LogP contribution in [0.25, 0.3) is 0 Å². The largest absolute Gasteiger partial charge is 0.491 e. The van der Waals surface area contributed by atoms with Gasteiger partial charge in [-0.15, -0.1) is 0 Å². The molecule has 142 valence electrons. The Morgan fingerprint density at radius 3 is 2.48 bits per heavy atom. The van der Waals surface area contributed by atoms with Crippen molar-refractivity contribution in [3.63, 3.8) is 0 Å². The molecule has 1 aliphatic rings. The topological polar surface area (TPSA) is 96.5 Å². The monoisotopic (exact) mass is 371 g/mol. The van der Waals surface area contributed by atoms with Gasteiger partial charge >= 0.3 is 0 Å². The maximum Gasteiger partial charge on any atom is 0.225 e. The number of hydrogen-bond donors (Lipinski definition) is 2. The summed E-state index contributed by atoms with van der Waals surface area (Å²) in [5.74, 6) is 1.83. The summed E-state index contributed by atoms with van der Waals surface area (Å²) in [6, 6.07) is 0.488. The molecular formula is C16H29N5O3S. The van der Waals surface area contributed by atoms with Crippen LogP contribution in [0.3, 0.4) is 0 Å². The van der Waals surface area contributed by atoms with Crippen LogP contribution in [-0.4, -0.2) is 61.2 Å². The number of hydrogen-bond acceptors (Lipinski definition) is 7. The molecular weight excluding hydrogens is 342 g/mol. The number of ether oxygens (including phenoxy) is 1. The first-order valence-electron chi connectivity index (χ1n) is 8.76. The fourth-order valence-corrected chi connectivity index (χ4v) is 3.77. The quantitative estimate of drug-likeness (QED) is 0.720. The second-order valence-corrected chi connectivity index (χ2v) is 8.33. The third-order valence-corrected chi connectivity index (χ3v) is 5.86. The molecule has 0 aliphatic carbocycles. The lowest BCUT2D eigenvalue weighted by molar-refractivity contribution is 0.331. The highest BCUT2D eigenvalue weighted by Crippen LogP contribution is 2.25. The fraction of sp³-hybridized carbons (Fsp3) is 0.750. The Morgan fingerprint density at radius 1 is 1.32 bits per heavy atom. The molecule has 8 nitrogen and oxygen atoms in total. The van der Waals surface area contributed by atoms with Crippen LogP contribution in [0.2, 0.25) is 0 Å². The van der Waals surface area contributed by atoms with Crippen LogP contribution >= 0.6 is 0 Å². The van der Waals surface area contributed by atoms with Crippen LogP contribution in [0.15, 0.2) is 6.20 Å². The molecule has 1 fully saturated rings. The average Bonchev–Trinajstić information content (AvgIpc) is 2.59. The number of nitrogens with one attached hydrogen (secondary N) is 2. The first-order chi connectivity index (χ1) is 11.9. The van der Waals surface area contributed by atoms with Gasteiger partial charge in [0.15, 0.2) is 11.6 Å². The van der Waals surface area contributed by atoms with Gasteiger partial charge in [0.1, 0.15) is 0 Å². The fourth-order valence-electron chi connectivity index (χ4n) is 2.89. The molecule has 0 atom stereocenters. The van der Waals surface area contributed by atoms with E-state index < -0.39 is 10.0 Å². The van der Waals surface area contributed by atoms with E-state index in [2.05, 4.69) is 34.4 Å². The van der Waals surface area contributed by atoms with Crippen molar-refractivity contribution >= 4 is 21.8 Å². The van der Waals surface area contributed by atoms with Crippen molar-refractivity contribution in [1.82, 2.24) is 14.3 Å². The lowest BCUT2D eigenvalue weighted by Gasteiger charge is -2.30. The van der Waals surface area contributed by atoms with E-state index in [1.54, 1.807) is 13.3 Å². The molecule has 0 aromatic carbocycles. The second kappa shape index (κ2) is 8.66. The first-order valence-corrected chi connectivity index (χ1v) is 10.6. The molecule has 0 unspecified atom stereocenters. The van der Waals surface area contributed by atoms with Gasteiger partial charge in [0.25, 0.3) is 0 Å². The van der Waals surface area contributed by atoms with Gasteiger partial charge < -0.3 is 15.4 Å². The first kappa shape index (κ1) is 19.7. The molecule has 1 aromatic heterocycles. The Morgan fingerprint density at radius 2 is 1.96 bits per heavy atom. The number of aromatic nitrogens is 2. The highest BCUT2D eigenvalue weighted by Gasteiger charge is 2.25. The highest BCUT2D eigenvalue weighted by molar-refractivity contribution is 7.88. The van der Waals surface area contributed by atoms with Crippen molar-refractivity contribution in [2.75, 3.05) is 37.1 Å². The molecule has 25 heavy (non-hydrogen) atoms. The summed E-state index contributed by atoms with van der Waals surface area (Å²) in [6.07, 6.45) is 6.37. The van der Waals surface area contributed by atoms with E-state index in [1.165, 1.54) is 10.6 Å². The molecule has 2 rings (SSSR count). The van der Waals surface area contributed by atoms with Gasteiger partial charge in [-0.3, -0.25) is 0 Å². The van der Waals surface area contributed by atoms with Crippen molar-refractivity contribution in [2.24, 2.45) is 0 Å². The molecule has 1 saturated heterocycles. The van der Waals surface area contributed by atoms with E-state index in [1.807, 2.05) is 0 Å². The Kier molecular flexibility index (Phi) is 6.83. The summed E-state index contributed by atoms with van der Waals surface area (Å²) < 4.78 is 30.0. The summed E-state index contributed by atoms with van der Waals surface area (Å²) in [6.45, 7) is 5.30. The number of sulfonamides is 1. The molecule has 9 heteroatoms. The average molecular weight is 372 g/mol. The standard InChI is InChI=1S/C16H29N5O3S/c1-5-12(6-2)18-15-14(24-3)11-17-16(20-15)19-13-7-9-21(10-8-13)25(4,22)23/h11-13H,5-10H2,1-4H3,(H2,17,18,19,20). The highest BCUT2D eigenvalue weighted by atomic mass is 32.2. The Hall–Kier alpha value is -1.61. The van der Waals surface area contributed by atoms with Crippen molar-refractivity contribution < 1.29 is 13.2 Å². The van der Waals surface area contributed by atoms with Crippen LogP contribution in [0.4, 0.5) is 11.8 Å². The van der Waals surface area contributed by atoms with Gasteiger partial charge in [-0.25, -0.2) is 17.7 Å². The maximum absolute atomic E-state index is 11.6. The summed E-state index contributed by atoms with van der Waals surface area (Å²) >= 11 is 0. The molecule has 0 amide bonds. The molecule has 1 aliphatic heterocycles. The van der Waals surface area contributed by atoms with Crippen LogP contribution < -0.4 is 15.4 Å². The van der Waals surface area contributed by atoms with Crippen LogP contribution in [0, 0.1) is 0 Å². The van der Waals surface area contributed by atoms with Crippen molar-refractivity contribution in [1.29, 1.82) is 0 Å².